The van der Waals surface area contributed by atoms with Gasteiger partial charge in [-0.2, -0.15) is 5.26 Å². The smallest absolute Gasteiger partial charge is 0.0994 e. The molecule has 78 valence electrons. The minimum Gasteiger partial charge on any atom is -0.317 e. The molecule has 1 N–H and O–H groups in total. The largest absolute Gasteiger partial charge is 0.317 e. The number of benzene rings is 1. The number of hydrogen-bond acceptors (Lipinski definition) is 2. The van der Waals surface area contributed by atoms with Gasteiger partial charge in [0.05, 0.1) is 11.6 Å². The highest BCUT2D eigenvalue weighted by atomic mass is 14.8. The number of nitrogens with zero attached hydrogens (tertiary/aromatic N) is 1. The normalized spacial score (nSPS) is 21.7. The van der Waals surface area contributed by atoms with Gasteiger partial charge in [0.1, 0.15) is 0 Å². The number of rotatable bonds is 1. The van der Waals surface area contributed by atoms with Crippen molar-refractivity contribution in [3.05, 3.63) is 35.4 Å². The molecule has 1 aliphatic rings. The molecule has 0 spiro atoms. The van der Waals surface area contributed by atoms with Crippen LogP contribution in [-0.4, -0.2) is 13.1 Å². The standard InChI is InChI=1S/C13H16N2/c14-10-12-4-1-2-6-13(12)11-5-3-8-15-9-7-11/h1-2,4,6,11,15H,3,5,7-9H2. The van der Waals surface area contributed by atoms with Gasteiger partial charge in [-0.3, -0.25) is 0 Å². The molecule has 0 saturated carbocycles. The third-order valence-corrected chi connectivity index (χ3v) is 3.10. The summed E-state index contributed by atoms with van der Waals surface area (Å²) in [6, 6.07) is 10.3. The lowest BCUT2D eigenvalue weighted by molar-refractivity contribution is 0.608. The van der Waals surface area contributed by atoms with Gasteiger partial charge in [0.15, 0.2) is 0 Å². The maximum absolute atomic E-state index is 9.05. The molecule has 1 atom stereocenters. The Hall–Kier alpha value is -1.33. The van der Waals surface area contributed by atoms with Crippen molar-refractivity contribution < 1.29 is 0 Å². The fourth-order valence-electron chi connectivity index (χ4n) is 2.28. The molecule has 1 aromatic rings. The molecule has 0 radical (unpaired) electrons. The zero-order chi connectivity index (χ0) is 10.5. The summed E-state index contributed by atoms with van der Waals surface area (Å²) in [5, 5.41) is 12.5. The first-order valence-electron chi connectivity index (χ1n) is 5.61. The van der Waals surface area contributed by atoms with Gasteiger partial charge >= 0.3 is 0 Å². The lowest BCUT2D eigenvalue weighted by Gasteiger charge is -2.15. The Morgan fingerprint density at radius 3 is 2.93 bits per heavy atom. The van der Waals surface area contributed by atoms with Crippen molar-refractivity contribution in [3.63, 3.8) is 0 Å². The van der Waals surface area contributed by atoms with E-state index in [1.165, 1.54) is 18.4 Å². The summed E-state index contributed by atoms with van der Waals surface area (Å²) < 4.78 is 0. The van der Waals surface area contributed by atoms with Gasteiger partial charge in [0, 0.05) is 0 Å². The maximum Gasteiger partial charge on any atom is 0.0994 e. The first-order valence-corrected chi connectivity index (χ1v) is 5.61. The van der Waals surface area contributed by atoms with E-state index in [4.69, 9.17) is 5.26 Å². The highest BCUT2D eigenvalue weighted by molar-refractivity contribution is 5.39. The molecular weight excluding hydrogens is 184 g/mol. The first kappa shape index (κ1) is 10.2. The summed E-state index contributed by atoms with van der Waals surface area (Å²) in [7, 11) is 0. The molecule has 2 rings (SSSR count). The molecule has 2 nitrogen and oxygen atoms in total. The van der Waals surface area contributed by atoms with E-state index in [0.29, 0.717) is 5.92 Å². The molecule has 1 unspecified atom stereocenters. The molecule has 0 bridgehead atoms. The highest BCUT2D eigenvalue weighted by Crippen LogP contribution is 2.28. The number of hydrogen-bond donors (Lipinski definition) is 1. The molecule has 1 fully saturated rings. The Kier molecular flexibility index (Phi) is 3.37. The summed E-state index contributed by atoms with van der Waals surface area (Å²) in [6.07, 6.45) is 3.56. The van der Waals surface area contributed by atoms with Crippen molar-refractivity contribution in [2.45, 2.75) is 25.2 Å². The SMILES string of the molecule is N#Cc1ccccc1C1CCCNCC1. The van der Waals surface area contributed by atoms with Gasteiger partial charge in [-0.05, 0) is 49.9 Å². The zero-order valence-corrected chi connectivity index (χ0v) is 8.87. The van der Waals surface area contributed by atoms with E-state index >= 15 is 0 Å². The van der Waals surface area contributed by atoms with Crippen molar-refractivity contribution in [3.8, 4) is 6.07 Å². The summed E-state index contributed by atoms with van der Waals surface area (Å²) in [6.45, 7) is 2.19. The average molecular weight is 200 g/mol. The minimum absolute atomic E-state index is 0.566. The van der Waals surface area contributed by atoms with Crippen LogP contribution >= 0.6 is 0 Å². The van der Waals surface area contributed by atoms with E-state index in [1.807, 2.05) is 18.2 Å². The van der Waals surface area contributed by atoms with Crippen LogP contribution in [0.5, 0.6) is 0 Å². The van der Waals surface area contributed by atoms with Crippen LogP contribution in [0, 0.1) is 11.3 Å². The van der Waals surface area contributed by atoms with Crippen molar-refractivity contribution >= 4 is 0 Å². The van der Waals surface area contributed by atoms with Gasteiger partial charge in [0.25, 0.3) is 0 Å². The zero-order valence-electron chi connectivity index (χ0n) is 8.87. The Morgan fingerprint density at radius 2 is 2.07 bits per heavy atom. The minimum atomic E-state index is 0.566. The topological polar surface area (TPSA) is 35.8 Å². The highest BCUT2D eigenvalue weighted by Gasteiger charge is 2.16. The van der Waals surface area contributed by atoms with Crippen LogP contribution in [0.25, 0.3) is 0 Å². The van der Waals surface area contributed by atoms with Gasteiger partial charge < -0.3 is 5.32 Å². The van der Waals surface area contributed by atoms with Gasteiger partial charge in [-0.25, -0.2) is 0 Å². The predicted octanol–water partition coefficient (Wildman–Crippen LogP) is 2.42. The maximum atomic E-state index is 9.05. The molecular formula is C13H16N2. The fourth-order valence-corrected chi connectivity index (χ4v) is 2.28. The summed E-state index contributed by atoms with van der Waals surface area (Å²) in [4.78, 5) is 0. The molecule has 1 saturated heterocycles. The van der Waals surface area contributed by atoms with Crippen LogP contribution in [-0.2, 0) is 0 Å². The van der Waals surface area contributed by atoms with Gasteiger partial charge in [0.2, 0.25) is 0 Å². The lowest BCUT2D eigenvalue weighted by Crippen LogP contribution is -2.13. The third-order valence-electron chi connectivity index (χ3n) is 3.10. The monoisotopic (exact) mass is 200 g/mol. The van der Waals surface area contributed by atoms with Crippen molar-refractivity contribution in [1.29, 1.82) is 5.26 Å². The van der Waals surface area contributed by atoms with Crippen LogP contribution in [0.15, 0.2) is 24.3 Å². The third kappa shape index (κ3) is 2.37. The van der Waals surface area contributed by atoms with Crippen LogP contribution in [0.4, 0.5) is 0 Å². The molecule has 0 aliphatic carbocycles. The van der Waals surface area contributed by atoms with Crippen LogP contribution in [0.1, 0.15) is 36.3 Å². The Bertz CT molecular complexity index is 357. The van der Waals surface area contributed by atoms with E-state index in [-0.39, 0.29) is 0 Å². The molecule has 0 amide bonds. The van der Waals surface area contributed by atoms with E-state index in [9.17, 15) is 0 Å². The van der Waals surface area contributed by atoms with Crippen molar-refractivity contribution in [2.75, 3.05) is 13.1 Å². The Balaban J connectivity index is 2.23. The van der Waals surface area contributed by atoms with E-state index in [2.05, 4.69) is 17.5 Å². The van der Waals surface area contributed by atoms with Crippen LogP contribution in [0.3, 0.4) is 0 Å². The molecule has 1 heterocycles. The van der Waals surface area contributed by atoms with Gasteiger partial charge in [-0.15, -0.1) is 0 Å². The quantitative estimate of drug-likeness (QED) is 0.755. The van der Waals surface area contributed by atoms with Crippen LogP contribution in [0.2, 0.25) is 0 Å². The Labute approximate surface area is 90.9 Å². The lowest BCUT2D eigenvalue weighted by atomic mass is 9.89. The fraction of sp³-hybridized carbons (Fsp3) is 0.462. The van der Waals surface area contributed by atoms with Crippen molar-refractivity contribution in [2.24, 2.45) is 0 Å². The second-order valence-corrected chi connectivity index (χ2v) is 4.08. The second kappa shape index (κ2) is 4.95. The predicted molar refractivity (Wildman–Crippen MR) is 60.6 cm³/mol. The molecule has 15 heavy (non-hydrogen) atoms. The first-order chi connectivity index (χ1) is 7.42. The van der Waals surface area contributed by atoms with Gasteiger partial charge in [-0.1, -0.05) is 18.2 Å². The summed E-state index contributed by atoms with van der Waals surface area (Å²) in [5.74, 6) is 0.566. The molecule has 0 aromatic heterocycles. The molecule has 2 heteroatoms. The van der Waals surface area contributed by atoms with E-state index in [0.717, 1.165) is 25.1 Å². The Morgan fingerprint density at radius 1 is 1.20 bits per heavy atom. The summed E-state index contributed by atoms with van der Waals surface area (Å²) in [5.41, 5.74) is 2.09. The molecule has 1 aliphatic heterocycles. The second-order valence-electron chi connectivity index (χ2n) is 4.08. The average Bonchev–Trinajstić information content (AvgIpc) is 2.57. The van der Waals surface area contributed by atoms with E-state index < -0.39 is 0 Å². The van der Waals surface area contributed by atoms with Crippen LogP contribution < -0.4 is 5.32 Å². The summed E-state index contributed by atoms with van der Waals surface area (Å²) >= 11 is 0. The van der Waals surface area contributed by atoms with E-state index in [1.54, 1.807) is 0 Å². The molecule has 1 aromatic carbocycles. The number of nitrogens with one attached hydrogen (secondary N) is 1. The van der Waals surface area contributed by atoms with Crippen molar-refractivity contribution in [1.82, 2.24) is 5.32 Å². The number of nitriles is 1.